The molecule has 2 atom stereocenters. The maximum atomic E-state index is 12.7. The van der Waals surface area contributed by atoms with Crippen LogP contribution in [0.25, 0.3) is 0 Å². The average Bonchev–Trinajstić information content (AvgIpc) is 3.07. The zero-order valence-corrected chi connectivity index (χ0v) is 15.3. The van der Waals surface area contributed by atoms with Crippen LogP contribution in [0.2, 0.25) is 0 Å². The van der Waals surface area contributed by atoms with E-state index in [1.54, 1.807) is 12.1 Å². The number of carbonyl (C=O) groups excluding carboxylic acids is 1. The molecule has 0 radical (unpaired) electrons. The predicted molar refractivity (Wildman–Crippen MR) is 109 cm³/mol. The molecule has 0 aliphatic carbocycles. The summed E-state index contributed by atoms with van der Waals surface area (Å²) in [5, 5.41) is 14.4. The molecule has 0 spiro atoms. The highest BCUT2D eigenvalue weighted by Gasteiger charge is 2.46. The van der Waals surface area contributed by atoms with Crippen LogP contribution in [0.15, 0.2) is 96.0 Å². The van der Waals surface area contributed by atoms with E-state index in [-0.39, 0.29) is 5.91 Å². The Morgan fingerprint density at radius 1 is 0.889 bits per heavy atom. The maximum Gasteiger partial charge on any atom is 0.252 e. The molecular formula is C22H18N2O2S. The second kappa shape index (κ2) is 7.39. The molecule has 0 fully saturated rings. The smallest absolute Gasteiger partial charge is 0.252 e. The van der Waals surface area contributed by atoms with Gasteiger partial charge < -0.3 is 10.4 Å². The Bertz CT molecular complexity index is 961. The molecule has 4 nitrogen and oxygen atoms in total. The normalized spacial score (nSPS) is 21.5. The number of amides is 1. The molecule has 1 heterocycles. The number of nitrogens with zero attached hydrogens (tertiary/aromatic N) is 1. The summed E-state index contributed by atoms with van der Waals surface area (Å²) in [5.74, 6) is -0.244. The first-order valence-corrected chi connectivity index (χ1v) is 9.50. The first kappa shape index (κ1) is 17.5. The fourth-order valence-corrected chi connectivity index (χ4v) is 4.17. The number of carbonyl (C=O) groups is 1. The molecule has 1 aliphatic heterocycles. The lowest BCUT2D eigenvalue weighted by Crippen LogP contribution is -2.45. The van der Waals surface area contributed by atoms with E-state index in [0.717, 1.165) is 5.56 Å². The minimum absolute atomic E-state index is 0.244. The summed E-state index contributed by atoms with van der Waals surface area (Å²) in [6.45, 7) is 0. The van der Waals surface area contributed by atoms with Crippen molar-refractivity contribution in [3.8, 4) is 0 Å². The second-order valence-electron chi connectivity index (χ2n) is 6.21. The molecule has 4 rings (SSSR count). The minimum Gasteiger partial charge on any atom is -0.363 e. The van der Waals surface area contributed by atoms with E-state index in [2.05, 4.69) is 10.3 Å². The monoisotopic (exact) mass is 374 g/mol. The number of aliphatic hydroxyl groups is 1. The summed E-state index contributed by atoms with van der Waals surface area (Å²) in [4.78, 5) is 17.3. The Balaban J connectivity index is 1.69. The van der Waals surface area contributed by atoms with Crippen LogP contribution in [0.3, 0.4) is 0 Å². The van der Waals surface area contributed by atoms with Gasteiger partial charge in [0.25, 0.3) is 5.91 Å². The maximum absolute atomic E-state index is 12.7. The molecule has 0 saturated heterocycles. The van der Waals surface area contributed by atoms with E-state index in [4.69, 9.17) is 0 Å². The summed E-state index contributed by atoms with van der Waals surface area (Å²) >= 11 is 1.36. The van der Waals surface area contributed by atoms with E-state index >= 15 is 0 Å². The molecule has 0 aromatic heterocycles. The lowest BCUT2D eigenvalue weighted by atomic mass is 10.0. The fourth-order valence-electron chi connectivity index (χ4n) is 2.97. The van der Waals surface area contributed by atoms with E-state index in [1.165, 1.54) is 11.8 Å². The van der Waals surface area contributed by atoms with Crippen molar-refractivity contribution in [1.29, 1.82) is 0 Å². The predicted octanol–water partition coefficient (Wildman–Crippen LogP) is 3.78. The van der Waals surface area contributed by atoms with Gasteiger partial charge in [-0.3, -0.25) is 4.79 Å². The largest absolute Gasteiger partial charge is 0.363 e. The van der Waals surface area contributed by atoms with Gasteiger partial charge in [0.2, 0.25) is 5.72 Å². The fraction of sp³-hybridized carbons (Fsp3) is 0.0909. The Morgan fingerprint density at radius 2 is 1.44 bits per heavy atom. The van der Waals surface area contributed by atoms with Crippen LogP contribution in [0.4, 0.5) is 0 Å². The lowest BCUT2D eigenvalue weighted by molar-refractivity contribution is 0.0361. The van der Waals surface area contributed by atoms with Gasteiger partial charge in [0, 0.05) is 16.7 Å². The third-order valence-electron chi connectivity index (χ3n) is 4.38. The lowest BCUT2D eigenvalue weighted by Gasteiger charge is -2.27. The van der Waals surface area contributed by atoms with E-state index in [0.29, 0.717) is 16.2 Å². The van der Waals surface area contributed by atoms with Crippen LogP contribution in [-0.4, -0.2) is 21.4 Å². The van der Waals surface area contributed by atoms with Gasteiger partial charge in [-0.2, -0.15) is 0 Å². The van der Waals surface area contributed by atoms with Gasteiger partial charge in [-0.25, -0.2) is 4.99 Å². The van der Waals surface area contributed by atoms with Gasteiger partial charge in [-0.05, 0) is 12.1 Å². The minimum atomic E-state index is -1.54. The van der Waals surface area contributed by atoms with Crippen molar-refractivity contribution in [2.24, 2.45) is 4.99 Å². The van der Waals surface area contributed by atoms with Crippen molar-refractivity contribution in [1.82, 2.24) is 5.32 Å². The van der Waals surface area contributed by atoms with Crippen molar-refractivity contribution in [2.75, 3.05) is 0 Å². The number of thioether (sulfide) groups is 1. The zero-order chi connectivity index (χ0) is 18.7. The molecule has 1 amide bonds. The van der Waals surface area contributed by atoms with Crippen molar-refractivity contribution >= 4 is 22.7 Å². The van der Waals surface area contributed by atoms with Crippen LogP contribution in [0, 0.1) is 0 Å². The summed E-state index contributed by atoms with van der Waals surface area (Å²) in [6, 6.07) is 27.9. The summed E-state index contributed by atoms with van der Waals surface area (Å²) in [7, 11) is 0. The van der Waals surface area contributed by atoms with Gasteiger partial charge in [0.1, 0.15) is 10.4 Å². The van der Waals surface area contributed by atoms with E-state index in [1.807, 2.05) is 78.9 Å². The number of aliphatic imine (C=N–C) groups is 1. The summed E-state index contributed by atoms with van der Waals surface area (Å²) in [5.41, 5.74) is 0.554. The molecule has 0 bridgehead atoms. The molecule has 1 aliphatic rings. The number of rotatable bonds is 4. The average molecular weight is 374 g/mol. The third kappa shape index (κ3) is 3.52. The van der Waals surface area contributed by atoms with Crippen molar-refractivity contribution in [3.63, 3.8) is 0 Å². The Labute approximate surface area is 162 Å². The number of hydrogen-bond donors (Lipinski definition) is 2. The first-order valence-electron chi connectivity index (χ1n) is 8.62. The topological polar surface area (TPSA) is 61.7 Å². The standard InChI is InChI=1S/C22H18N2O2S/c25-19(16-10-4-1-5-11-16)23-21-22(26,18-14-8-3-9-15-18)24-20(27-21)17-12-6-2-7-13-17/h1-15,21,26H,(H,23,25). The van der Waals surface area contributed by atoms with Crippen LogP contribution in [0.1, 0.15) is 21.5 Å². The van der Waals surface area contributed by atoms with Crippen LogP contribution < -0.4 is 5.32 Å². The molecule has 3 aromatic carbocycles. The SMILES string of the molecule is O=C(NC1SC(c2ccccc2)=NC1(O)c1ccccc1)c1ccccc1. The zero-order valence-electron chi connectivity index (χ0n) is 14.4. The van der Waals surface area contributed by atoms with Crippen LogP contribution >= 0.6 is 11.8 Å². The van der Waals surface area contributed by atoms with E-state index < -0.39 is 11.1 Å². The third-order valence-corrected chi connectivity index (χ3v) is 5.62. The number of nitrogens with one attached hydrogen (secondary N) is 1. The molecule has 5 heteroatoms. The van der Waals surface area contributed by atoms with Gasteiger partial charge in [0.05, 0.1) is 0 Å². The van der Waals surface area contributed by atoms with Gasteiger partial charge in [-0.15, -0.1) is 0 Å². The first-order chi connectivity index (χ1) is 13.2. The molecule has 2 unspecified atom stereocenters. The molecule has 3 aromatic rings. The highest BCUT2D eigenvalue weighted by Crippen LogP contribution is 2.41. The molecule has 134 valence electrons. The van der Waals surface area contributed by atoms with E-state index in [9.17, 15) is 9.90 Å². The molecular weight excluding hydrogens is 356 g/mol. The second-order valence-corrected chi connectivity index (χ2v) is 7.31. The van der Waals surface area contributed by atoms with Crippen LogP contribution in [0.5, 0.6) is 0 Å². The molecule has 27 heavy (non-hydrogen) atoms. The highest BCUT2D eigenvalue weighted by molar-refractivity contribution is 8.15. The Hall–Kier alpha value is -2.89. The Kier molecular flexibility index (Phi) is 4.79. The van der Waals surface area contributed by atoms with Crippen molar-refractivity contribution < 1.29 is 9.90 Å². The van der Waals surface area contributed by atoms with Gasteiger partial charge >= 0.3 is 0 Å². The number of benzene rings is 3. The summed E-state index contributed by atoms with van der Waals surface area (Å²) in [6.07, 6.45) is 0. The highest BCUT2D eigenvalue weighted by atomic mass is 32.2. The summed E-state index contributed by atoms with van der Waals surface area (Å²) < 4.78 is 0. The molecule has 2 N–H and O–H groups in total. The molecule has 0 saturated carbocycles. The number of hydrogen-bond acceptors (Lipinski definition) is 4. The van der Waals surface area contributed by atoms with Crippen molar-refractivity contribution in [2.45, 2.75) is 11.1 Å². The van der Waals surface area contributed by atoms with Gasteiger partial charge in [0.15, 0.2) is 0 Å². The Morgan fingerprint density at radius 3 is 2.07 bits per heavy atom. The quantitative estimate of drug-likeness (QED) is 0.731. The van der Waals surface area contributed by atoms with Crippen LogP contribution in [-0.2, 0) is 5.72 Å². The van der Waals surface area contributed by atoms with Crippen molar-refractivity contribution in [3.05, 3.63) is 108 Å². The van der Waals surface area contributed by atoms with Gasteiger partial charge in [-0.1, -0.05) is 90.6 Å².